The molecule has 4 nitrogen and oxygen atoms in total. The van der Waals surface area contributed by atoms with Gasteiger partial charge in [-0.15, -0.1) is 0 Å². The second kappa shape index (κ2) is 4.29. The van der Waals surface area contributed by atoms with Gasteiger partial charge in [-0.05, 0) is 24.0 Å². The third kappa shape index (κ3) is 2.41. The van der Waals surface area contributed by atoms with E-state index in [1.54, 1.807) is 0 Å². The lowest BCUT2D eigenvalue weighted by Crippen LogP contribution is -2.29. The van der Waals surface area contributed by atoms with Crippen molar-refractivity contribution in [3.63, 3.8) is 0 Å². The van der Waals surface area contributed by atoms with E-state index in [2.05, 4.69) is 4.72 Å². The monoisotopic (exact) mass is 272 g/mol. The second-order valence-corrected chi connectivity index (χ2v) is 6.97. The maximum Gasteiger partial charge on any atom is 0.241 e. The Labute approximate surface area is 106 Å². The highest BCUT2D eigenvalue weighted by molar-refractivity contribution is 7.89. The standard InChI is InChI=1S/C12H17FN2O2S/c1-12(2)6-11(12)15-18(16,17)10-5-3-4-9(13)8(10)7-14/h3-5,11,15H,6-7,14H2,1-2H3. The number of benzene rings is 1. The minimum absolute atomic E-state index is 0.0245. The summed E-state index contributed by atoms with van der Waals surface area (Å²) in [6.45, 7) is 3.82. The average molecular weight is 272 g/mol. The number of halogens is 1. The van der Waals surface area contributed by atoms with Crippen LogP contribution in [-0.4, -0.2) is 14.5 Å². The summed E-state index contributed by atoms with van der Waals surface area (Å²) in [7, 11) is -3.70. The first-order chi connectivity index (χ1) is 8.28. The molecule has 1 fully saturated rings. The molecule has 1 aliphatic rings. The molecule has 1 saturated carbocycles. The Kier molecular flexibility index (Phi) is 3.21. The molecule has 1 unspecified atom stereocenters. The Bertz CT molecular complexity index is 569. The van der Waals surface area contributed by atoms with Gasteiger partial charge in [-0.3, -0.25) is 0 Å². The molecule has 100 valence electrons. The van der Waals surface area contributed by atoms with Crippen LogP contribution in [0.25, 0.3) is 0 Å². The fraction of sp³-hybridized carbons (Fsp3) is 0.500. The van der Waals surface area contributed by atoms with E-state index in [4.69, 9.17) is 5.73 Å². The molecule has 1 aliphatic carbocycles. The van der Waals surface area contributed by atoms with Crippen LogP contribution in [0.3, 0.4) is 0 Å². The SMILES string of the molecule is CC1(C)CC1NS(=O)(=O)c1cccc(F)c1CN. The molecule has 2 rings (SSSR count). The van der Waals surface area contributed by atoms with E-state index in [1.165, 1.54) is 18.2 Å². The van der Waals surface area contributed by atoms with Gasteiger partial charge in [-0.1, -0.05) is 19.9 Å². The molecule has 1 aromatic carbocycles. The number of nitrogens with two attached hydrogens (primary N) is 1. The van der Waals surface area contributed by atoms with Gasteiger partial charge in [-0.2, -0.15) is 0 Å². The van der Waals surface area contributed by atoms with Crippen molar-refractivity contribution in [3.05, 3.63) is 29.6 Å². The minimum atomic E-state index is -3.70. The fourth-order valence-corrected chi connectivity index (χ4v) is 3.57. The lowest BCUT2D eigenvalue weighted by molar-refractivity contribution is 0.550. The summed E-state index contributed by atoms with van der Waals surface area (Å²) in [5.41, 5.74) is 5.42. The Morgan fingerprint density at radius 1 is 1.50 bits per heavy atom. The first-order valence-corrected chi connectivity index (χ1v) is 7.26. The zero-order valence-corrected chi connectivity index (χ0v) is 11.2. The van der Waals surface area contributed by atoms with Gasteiger partial charge in [0.25, 0.3) is 0 Å². The second-order valence-electron chi connectivity index (χ2n) is 5.29. The smallest absolute Gasteiger partial charge is 0.241 e. The van der Waals surface area contributed by atoms with Crippen molar-refractivity contribution in [1.82, 2.24) is 4.72 Å². The van der Waals surface area contributed by atoms with Crippen LogP contribution in [0.4, 0.5) is 4.39 Å². The molecule has 0 bridgehead atoms. The highest BCUT2D eigenvalue weighted by atomic mass is 32.2. The predicted octanol–water partition coefficient (Wildman–Crippen LogP) is 1.36. The van der Waals surface area contributed by atoms with Crippen molar-refractivity contribution in [2.75, 3.05) is 0 Å². The Hall–Kier alpha value is -0.980. The largest absolute Gasteiger partial charge is 0.326 e. The normalized spacial score (nSPS) is 21.9. The van der Waals surface area contributed by atoms with Crippen LogP contribution in [0.5, 0.6) is 0 Å². The van der Waals surface area contributed by atoms with Gasteiger partial charge >= 0.3 is 0 Å². The Morgan fingerprint density at radius 2 is 2.11 bits per heavy atom. The molecule has 18 heavy (non-hydrogen) atoms. The van der Waals surface area contributed by atoms with Crippen molar-refractivity contribution in [3.8, 4) is 0 Å². The van der Waals surface area contributed by atoms with Crippen molar-refractivity contribution < 1.29 is 12.8 Å². The fourth-order valence-electron chi connectivity index (χ4n) is 1.91. The van der Waals surface area contributed by atoms with Crippen molar-refractivity contribution in [1.29, 1.82) is 0 Å². The molecule has 3 N–H and O–H groups in total. The number of hydrogen-bond donors (Lipinski definition) is 2. The quantitative estimate of drug-likeness (QED) is 0.869. The van der Waals surface area contributed by atoms with Gasteiger partial charge in [0.15, 0.2) is 0 Å². The summed E-state index contributed by atoms with van der Waals surface area (Å²) < 4.78 is 40.4. The average Bonchev–Trinajstić information content (AvgIpc) is 2.84. The molecular formula is C12H17FN2O2S. The lowest BCUT2D eigenvalue weighted by atomic mass is 10.2. The van der Waals surface area contributed by atoms with E-state index in [0.29, 0.717) is 0 Å². The number of sulfonamides is 1. The first kappa shape index (κ1) is 13.5. The summed E-state index contributed by atoms with van der Waals surface area (Å²) in [6, 6.07) is 3.88. The number of hydrogen-bond acceptors (Lipinski definition) is 3. The Morgan fingerprint density at radius 3 is 2.61 bits per heavy atom. The molecule has 0 aliphatic heterocycles. The van der Waals surface area contributed by atoms with Crippen molar-refractivity contribution in [2.24, 2.45) is 11.1 Å². The third-order valence-corrected chi connectivity index (χ3v) is 4.94. The first-order valence-electron chi connectivity index (χ1n) is 5.78. The minimum Gasteiger partial charge on any atom is -0.326 e. The summed E-state index contributed by atoms with van der Waals surface area (Å²) in [6.07, 6.45) is 0.791. The van der Waals surface area contributed by atoms with Gasteiger partial charge in [-0.25, -0.2) is 17.5 Å². The van der Waals surface area contributed by atoms with Crippen LogP contribution in [0.1, 0.15) is 25.8 Å². The molecule has 0 heterocycles. The van der Waals surface area contributed by atoms with Gasteiger partial charge in [0, 0.05) is 18.2 Å². The van der Waals surface area contributed by atoms with Crippen LogP contribution in [0, 0.1) is 11.2 Å². The topological polar surface area (TPSA) is 72.2 Å². The summed E-state index contributed by atoms with van der Waals surface area (Å²) in [4.78, 5) is -0.0623. The highest BCUT2D eigenvalue weighted by Crippen LogP contribution is 2.45. The van der Waals surface area contributed by atoms with E-state index in [9.17, 15) is 12.8 Å². The van der Waals surface area contributed by atoms with Crippen LogP contribution >= 0.6 is 0 Å². The van der Waals surface area contributed by atoms with Crippen molar-refractivity contribution >= 4 is 10.0 Å². The zero-order chi connectivity index (χ0) is 13.6. The molecule has 0 saturated heterocycles. The predicted molar refractivity (Wildman–Crippen MR) is 66.8 cm³/mol. The number of nitrogens with one attached hydrogen (secondary N) is 1. The highest BCUT2D eigenvalue weighted by Gasteiger charge is 2.48. The van der Waals surface area contributed by atoms with Crippen LogP contribution in [0.2, 0.25) is 0 Å². The molecule has 0 radical (unpaired) electrons. The maximum absolute atomic E-state index is 13.5. The van der Waals surface area contributed by atoms with Crippen molar-refractivity contribution in [2.45, 2.75) is 37.8 Å². The van der Waals surface area contributed by atoms with E-state index in [-0.39, 0.29) is 28.5 Å². The van der Waals surface area contributed by atoms with Crippen LogP contribution < -0.4 is 10.5 Å². The maximum atomic E-state index is 13.5. The molecular weight excluding hydrogens is 255 g/mol. The van der Waals surface area contributed by atoms with E-state index in [1.807, 2.05) is 13.8 Å². The van der Waals surface area contributed by atoms with E-state index in [0.717, 1.165) is 6.42 Å². The van der Waals surface area contributed by atoms with Gasteiger partial charge in [0.05, 0.1) is 4.90 Å². The van der Waals surface area contributed by atoms with Gasteiger partial charge in [0.2, 0.25) is 10.0 Å². The molecule has 1 atom stereocenters. The molecule has 1 aromatic rings. The number of rotatable bonds is 4. The molecule has 0 aromatic heterocycles. The molecule has 0 amide bonds. The lowest BCUT2D eigenvalue weighted by Gasteiger charge is -2.12. The molecule has 6 heteroatoms. The summed E-state index contributed by atoms with van der Waals surface area (Å²) >= 11 is 0. The van der Waals surface area contributed by atoms with Crippen LogP contribution in [0.15, 0.2) is 23.1 Å². The van der Waals surface area contributed by atoms with E-state index < -0.39 is 15.8 Å². The summed E-state index contributed by atoms with van der Waals surface area (Å²) in [5, 5.41) is 0. The summed E-state index contributed by atoms with van der Waals surface area (Å²) in [5.74, 6) is -0.588. The third-order valence-electron chi connectivity index (χ3n) is 3.38. The zero-order valence-electron chi connectivity index (χ0n) is 10.4. The van der Waals surface area contributed by atoms with E-state index >= 15 is 0 Å². The Balaban J connectivity index is 2.33. The van der Waals surface area contributed by atoms with Crippen LogP contribution in [-0.2, 0) is 16.6 Å². The van der Waals surface area contributed by atoms with Gasteiger partial charge < -0.3 is 5.73 Å². The molecule has 0 spiro atoms. The van der Waals surface area contributed by atoms with Gasteiger partial charge in [0.1, 0.15) is 5.82 Å².